The van der Waals surface area contributed by atoms with Crippen molar-refractivity contribution >= 4 is 10.0 Å². The van der Waals surface area contributed by atoms with Crippen molar-refractivity contribution < 1.29 is 8.42 Å². The molecule has 1 aromatic heterocycles. The fourth-order valence-electron chi connectivity index (χ4n) is 1.60. The van der Waals surface area contributed by atoms with Crippen molar-refractivity contribution in [3.05, 3.63) is 12.4 Å². The highest BCUT2D eigenvalue weighted by atomic mass is 32.2. The number of aryl methyl sites for hydroxylation is 1. The molecule has 0 spiro atoms. The largest absolute Gasteiger partial charge is 0.330 e. The average molecular weight is 274 g/mol. The number of nitrogens with zero attached hydrogens (tertiary/aromatic N) is 2. The average Bonchev–Trinajstić information content (AvgIpc) is 2.83. The maximum atomic E-state index is 12.1. The number of nitrogens with two attached hydrogens (primary N) is 1. The van der Waals surface area contributed by atoms with Gasteiger partial charge in [0.2, 0.25) is 10.0 Å². The van der Waals surface area contributed by atoms with Crippen molar-refractivity contribution in [3.63, 3.8) is 0 Å². The quantitative estimate of drug-likeness (QED) is 0.730. The van der Waals surface area contributed by atoms with E-state index in [-0.39, 0.29) is 10.9 Å². The maximum Gasteiger partial charge on any atom is 0.243 e. The Labute approximate surface area is 109 Å². The van der Waals surface area contributed by atoms with Crippen LogP contribution in [0.25, 0.3) is 0 Å². The van der Waals surface area contributed by atoms with E-state index in [4.69, 9.17) is 5.73 Å². The number of sulfonamides is 1. The molecule has 0 saturated carbocycles. The highest BCUT2D eigenvalue weighted by molar-refractivity contribution is 7.89. The smallest absolute Gasteiger partial charge is 0.243 e. The zero-order valence-corrected chi connectivity index (χ0v) is 11.8. The van der Waals surface area contributed by atoms with Gasteiger partial charge in [0.1, 0.15) is 4.90 Å². The van der Waals surface area contributed by atoms with Crippen molar-refractivity contribution in [2.45, 2.75) is 50.6 Å². The van der Waals surface area contributed by atoms with Crippen LogP contribution in [0.3, 0.4) is 0 Å². The van der Waals surface area contributed by atoms with Gasteiger partial charge in [0.25, 0.3) is 0 Å². The Balaban J connectivity index is 2.75. The number of rotatable bonds is 8. The van der Waals surface area contributed by atoms with Crippen LogP contribution < -0.4 is 10.5 Å². The van der Waals surface area contributed by atoms with Gasteiger partial charge >= 0.3 is 0 Å². The fraction of sp³-hybridized carbons (Fsp3) is 0.727. The van der Waals surface area contributed by atoms with Gasteiger partial charge in [0.05, 0.1) is 6.20 Å². The predicted molar refractivity (Wildman–Crippen MR) is 70.6 cm³/mol. The lowest BCUT2D eigenvalue weighted by molar-refractivity contribution is 0.529. The molecule has 104 valence electrons. The molecule has 7 heteroatoms. The van der Waals surface area contributed by atoms with E-state index in [9.17, 15) is 8.42 Å². The van der Waals surface area contributed by atoms with Crippen LogP contribution in [0, 0.1) is 0 Å². The molecule has 3 N–H and O–H groups in total. The molecule has 0 aliphatic heterocycles. The first-order chi connectivity index (χ1) is 8.53. The Bertz CT molecular complexity index is 451. The van der Waals surface area contributed by atoms with Crippen LogP contribution in [0.15, 0.2) is 17.3 Å². The van der Waals surface area contributed by atoms with Crippen LogP contribution in [0.4, 0.5) is 0 Å². The molecule has 0 atom stereocenters. The molecule has 6 nitrogen and oxygen atoms in total. The summed E-state index contributed by atoms with van der Waals surface area (Å²) in [6.45, 7) is 5.12. The molecule has 1 heterocycles. The van der Waals surface area contributed by atoms with E-state index in [0.29, 0.717) is 13.1 Å². The first-order valence-electron chi connectivity index (χ1n) is 6.28. The highest BCUT2D eigenvalue weighted by Crippen LogP contribution is 2.10. The van der Waals surface area contributed by atoms with Crippen LogP contribution in [0.5, 0.6) is 0 Å². The minimum absolute atomic E-state index is 0.0256. The highest BCUT2D eigenvalue weighted by Gasteiger charge is 2.19. The molecule has 0 unspecified atom stereocenters. The summed E-state index contributed by atoms with van der Waals surface area (Å²) in [5.74, 6) is 0. The van der Waals surface area contributed by atoms with Crippen molar-refractivity contribution in [3.8, 4) is 0 Å². The van der Waals surface area contributed by atoms with Gasteiger partial charge in [0.15, 0.2) is 0 Å². The van der Waals surface area contributed by atoms with Gasteiger partial charge in [-0.1, -0.05) is 13.8 Å². The Morgan fingerprint density at radius 3 is 2.67 bits per heavy atom. The second-order valence-corrected chi connectivity index (χ2v) is 5.93. The van der Waals surface area contributed by atoms with Gasteiger partial charge in [0, 0.05) is 18.8 Å². The van der Waals surface area contributed by atoms with E-state index in [0.717, 1.165) is 19.3 Å². The van der Waals surface area contributed by atoms with Gasteiger partial charge in [-0.2, -0.15) is 5.10 Å². The minimum atomic E-state index is -3.45. The molecule has 18 heavy (non-hydrogen) atoms. The first kappa shape index (κ1) is 15.1. The summed E-state index contributed by atoms with van der Waals surface area (Å²) >= 11 is 0. The molecule has 1 rings (SSSR count). The second-order valence-electron chi connectivity index (χ2n) is 4.22. The predicted octanol–water partition coefficient (Wildman–Crippen LogP) is 0.699. The standard InChI is InChI=1S/C11H22N4O2S/c1-3-10(4-2)14-18(16,17)11-8-13-15(9-11)7-5-6-12/h8-10,14H,3-7,12H2,1-2H3. The number of hydrogen-bond acceptors (Lipinski definition) is 4. The van der Waals surface area contributed by atoms with Crippen molar-refractivity contribution in [1.82, 2.24) is 14.5 Å². The van der Waals surface area contributed by atoms with Crippen LogP contribution in [-0.4, -0.2) is 30.8 Å². The van der Waals surface area contributed by atoms with E-state index >= 15 is 0 Å². The molecular weight excluding hydrogens is 252 g/mol. The molecule has 0 bridgehead atoms. The maximum absolute atomic E-state index is 12.1. The van der Waals surface area contributed by atoms with Crippen molar-refractivity contribution in [2.75, 3.05) is 6.54 Å². The Kier molecular flexibility index (Phi) is 5.77. The zero-order chi connectivity index (χ0) is 13.6. The summed E-state index contributed by atoms with van der Waals surface area (Å²) in [5.41, 5.74) is 5.40. The lowest BCUT2D eigenvalue weighted by Gasteiger charge is -2.13. The topological polar surface area (TPSA) is 90.0 Å². The van der Waals surface area contributed by atoms with Gasteiger partial charge in [-0.25, -0.2) is 13.1 Å². The summed E-state index contributed by atoms with van der Waals surface area (Å²) in [4.78, 5) is 0.214. The van der Waals surface area contributed by atoms with E-state index in [1.54, 1.807) is 10.9 Å². The summed E-state index contributed by atoms with van der Waals surface area (Å²) in [7, 11) is -3.45. The van der Waals surface area contributed by atoms with Crippen LogP contribution in [0.2, 0.25) is 0 Å². The van der Waals surface area contributed by atoms with E-state index in [1.165, 1.54) is 6.20 Å². The third kappa shape index (κ3) is 4.08. The second kappa shape index (κ2) is 6.86. The Hall–Kier alpha value is -0.920. The SMILES string of the molecule is CCC(CC)NS(=O)(=O)c1cnn(CCCN)c1. The van der Waals surface area contributed by atoms with E-state index < -0.39 is 10.0 Å². The van der Waals surface area contributed by atoms with E-state index in [2.05, 4.69) is 9.82 Å². The number of nitrogens with one attached hydrogen (secondary N) is 1. The lowest BCUT2D eigenvalue weighted by Crippen LogP contribution is -2.33. The first-order valence-corrected chi connectivity index (χ1v) is 7.76. The summed E-state index contributed by atoms with van der Waals surface area (Å²) in [5, 5.41) is 4.02. The third-order valence-electron chi connectivity index (χ3n) is 2.82. The van der Waals surface area contributed by atoms with Crippen LogP contribution in [0.1, 0.15) is 33.1 Å². The molecule has 0 fully saturated rings. The van der Waals surface area contributed by atoms with Crippen molar-refractivity contribution in [1.29, 1.82) is 0 Å². The molecule has 0 aliphatic carbocycles. The molecule has 0 aromatic carbocycles. The monoisotopic (exact) mass is 274 g/mol. The third-order valence-corrected chi connectivity index (χ3v) is 4.29. The molecular formula is C11H22N4O2S. The van der Waals surface area contributed by atoms with E-state index in [1.807, 2.05) is 13.8 Å². The van der Waals surface area contributed by atoms with Gasteiger partial charge < -0.3 is 5.73 Å². The van der Waals surface area contributed by atoms with Crippen LogP contribution >= 0.6 is 0 Å². The summed E-state index contributed by atoms with van der Waals surface area (Å²) in [6.07, 6.45) is 5.25. The molecule has 1 aromatic rings. The van der Waals surface area contributed by atoms with Crippen molar-refractivity contribution in [2.24, 2.45) is 5.73 Å². The van der Waals surface area contributed by atoms with Gasteiger partial charge in [-0.15, -0.1) is 0 Å². The van der Waals surface area contributed by atoms with Gasteiger partial charge in [-0.05, 0) is 25.8 Å². The number of hydrogen-bond donors (Lipinski definition) is 2. The molecule has 0 amide bonds. The Morgan fingerprint density at radius 1 is 1.44 bits per heavy atom. The fourth-order valence-corrected chi connectivity index (χ4v) is 2.96. The zero-order valence-electron chi connectivity index (χ0n) is 11.0. The minimum Gasteiger partial charge on any atom is -0.330 e. The molecule has 0 radical (unpaired) electrons. The molecule has 0 saturated heterocycles. The number of aromatic nitrogens is 2. The lowest BCUT2D eigenvalue weighted by atomic mass is 10.2. The van der Waals surface area contributed by atoms with Gasteiger partial charge in [-0.3, -0.25) is 4.68 Å². The van der Waals surface area contributed by atoms with Crippen LogP contribution in [-0.2, 0) is 16.6 Å². The normalized spacial score (nSPS) is 12.2. The molecule has 0 aliphatic rings. The summed E-state index contributed by atoms with van der Waals surface area (Å²) < 4.78 is 28.4. The Morgan fingerprint density at radius 2 is 2.11 bits per heavy atom. The summed E-state index contributed by atoms with van der Waals surface area (Å²) in [6, 6.07) is -0.0256.